The molecule has 0 radical (unpaired) electrons. The highest BCUT2D eigenvalue weighted by Crippen LogP contribution is 2.35. The third-order valence-electron chi connectivity index (χ3n) is 12.5. The van der Waals surface area contributed by atoms with Gasteiger partial charge in [-0.15, -0.1) is 0 Å². The molecular weight excluding hydrogens is 635 g/mol. The van der Waals surface area contributed by atoms with Crippen LogP contribution in [0.15, 0.2) is 109 Å². The first kappa shape index (κ1) is 31.6. The van der Waals surface area contributed by atoms with Gasteiger partial charge >= 0.3 is 0 Å². The van der Waals surface area contributed by atoms with E-state index in [-0.39, 0.29) is 6.71 Å². The number of para-hydroxylation sites is 1. The molecule has 1 atom stereocenters. The van der Waals surface area contributed by atoms with E-state index in [0.717, 1.165) is 12.5 Å². The second kappa shape index (κ2) is 11.6. The number of aryl methyl sites for hydroxylation is 1. The van der Waals surface area contributed by atoms with Gasteiger partial charge in [0.15, 0.2) is 0 Å². The predicted octanol–water partition coefficient (Wildman–Crippen LogP) is 5.06. The second-order valence-corrected chi connectivity index (χ2v) is 24.1. The number of hydrogen-bond acceptors (Lipinski definition) is 1. The molecular formula is C45H47BN2Si2. The molecule has 3 heterocycles. The van der Waals surface area contributed by atoms with Crippen LogP contribution >= 0.6 is 0 Å². The second-order valence-electron chi connectivity index (χ2n) is 15.6. The predicted molar refractivity (Wildman–Crippen MR) is 225 cm³/mol. The van der Waals surface area contributed by atoms with Gasteiger partial charge in [-0.05, 0) is 84.4 Å². The maximum absolute atomic E-state index is 2.74. The molecule has 248 valence electrons. The molecule has 0 saturated heterocycles. The number of anilines is 1. The largest absolute Gasteiger partial charge is 0.378 e. The summed E-state index contributed by atoms with van der Waals surface area (Å²) in [7, 11) is -0.303. The van der Waals surface area contributed by atoms with Gasteiger partial charge in [0.1, 0.15) is 16.1 Å². The minimum absolute atomic E-state index is 0.217. The van der Waals surface area contributed by atoms with E-state index in [1.54, 1.807) is 37.5 Å². The van der Waals surface area contributed by atoms with E-state index >= 15 is 0 Å². The minimum atomic E-state index is -2.58. The zero-order valence-electron chi connectivity index (χ0n) is 30.5. The molecule has 50 heavy (non-hydrogen) atoms. The number of nitrogens with zero attached hydrogens (tertiary/aromatic N) is 2. The fraction of sp³-hybridized carbons (Fsp3) is 0.244. The van der Waals surface area contributed by atoms with Crippen LogP contribution in [0.2, 0.25) is 19.1 Å². The summed E-state index contributed by atoms with van der Waals surface area (Å²) in [6, 6.07) is 42.2. The molecule has 1 aliphatic carbocycles. The van der Waals surface area contributed by atoms with Gasteiger partial charge in [0.25, 0.3) is 0 Å². The minimum Gasteiger partial charge on any atom is -0.378 e. The number of allylic oxidation sites excluding steroid dienone is 1. The Morgan fingerprint density at radius 2 is 1.54 bits per heavy atom. The van der Waals surface area contributed by atoms with Gasteiger partial charge in [-0.25, -0.2) is 0 Å². The average molecular weight is 683 g/mol. The maximum Gasteiger partial charge on any atom is 0.240 e. The summed E-state index contributed by atoms with van der Waals surface area (Å²) < 4.78 is 2.74. The molecule has 0 fully saturated rings. The number of benzene rings is 5. The number of hydrogen-bond donors (Lipinski definition) is 0. The Bertz CT molecular complexity index is 2350. The fourth-order valence-corrected chi connectivity index (χ4v) is 19.0. The van der Waals surface area contributed by atoms with E-state index in [9.17, 15) is 0 Å². The first-order valence-corrected chi connectivity index (χ1v) is 24.0. The zero-order chi connectivity index (χ0) is 34.4. The lowest BCUT2D eigenvalue weighted by Gasteiger charge is -2.48. The van der Waals surface area contributed by atoms with Crippen molar-refractivity contribution < 1.29 is 0 Å². The van der Waals surface area contributed by atoms with Gasteiger partial charge in [-0.2, -0.15) is 0 Å². The van der Waals surface area contributed by atoms with E-state index < -0.39 is 16.1 Å². The Morgan fingerprint density at radius 1 is 0.780 bits per heavy atom. The van der Waals surface area contributed by atoms with E-state index in [2.05, 4.69) is 166 Å². The quantitative estimate of drug-likeness (QED) is 0.231. The smallest absolute Gasteiger partial charge is 0.240 e. The molecule has 2 aliphatic heterocycles. The fourth-order valence-electron chi connectivity index (χ4n) is 10.3. The van der Waals surface area contributed by atoms with Crippen molar-refractivity contribution in [2.45, 2.75) is 58.7 Å². The zero-order valence-corrected chi connectivity index (χ0v) is 32.5. The molecule has 0 saturated carbocycles. The molecule has 2 nitrogen and oxygen atoms in total. The maximum atomic E-state index is 2.74. The third-order valence-corrected chi connectivity index (χ3v) is 21.2. The Labute approximate surface area is 300 Å². The van der Waals surface area contributed by atoms with E-state index in [1.165, 1.54) is 63.2 Å². The summed E-state index contributed by atoms with van der Waals surface area (Å²) in [5.41, 5.74) is 13.3. The molecule has 1 aromatic heterocycles. The van der Waals surface area contributed by atoms with Crippen LogP contribution in [0.3, 0.4) is 0 Å². The van der Waals surface area contributed by atoms with Gasteiger partial charge in [0.2, 0.25) is 6.71 Å². The molecule has 0 bridgehead atoms. The van der Waals surface area contributed by atoms with E-state index in [4.69, 9.17) is 0 Å². The van der Waals surface area contributed by atoms with E-state index in [0.29, 0.717) is 0 Å². The highest BCUT2D eigenvalue weighted by molar-refractivity contribution is 7.24. The van der Waals surface area contributed by atoms with Crippen LogP contribution in [-0.2, 0) is 12.8 Å². The lowest BCUT2D eigenvalue weighted by Crippen LogP contribution is -2.89. The SMILES string of the molecule is C/C=C/c1cc2c3c(c1)[Si](CC)(c1ccccc1)c1c(cccc1-n1c4c(c5ccccc51)CCCC4)B3c1ccc(N(C)C)cc1[Si]2(C)C. The molecule has 0 spiro atoms. The molecule has 3 aliphatic rings. The van der Waals surface area contributed by atoms with Gasteiger partial charge in [0, 0.05) is 36.6 Å². The molecule has 5 heteroatoms. The summed E-state index contributed by atoms with van der Waals surface area (Å²) in [6.07, 6.45) is 9.46. The Balaban J connectivity index is 1.48. The van der Waals surface area contributed by atoms with E-state index in [1.807, 2.05) is 0 Å². The molecule has 0 N–H and O–H groups in total. The van der Waals surface area contributed by atoms with Crippen molar-refractivity contribution in [2.24, 2.45) is 0 Å². The standard InChI is InChI=1S/C45H47BN2Si2/c1-7-17-31-28-42-44-43(29-31)50(8-2,33-18-10-9-11-19-33)45-37(46(44)36-27-26-32(47(3)4)30-41(36)49(42,5)6)22-16-25-40(45)48-38-23-14-12-20-34(38)35-21-13-15-24-39(35)48/h7,9-12,14,16-20,22-23,25-30H,8,13,15,21,24H2,1-6H3/b17-7+. The monoisotopic (exact) mass is 682 g/mol. The van der Waals surface area contributed by atoms with Crippen LogP contribution in [-0.4, -0.2) is 41.5 Å². The molecule has 1 unspecified atom stereocenters. The van der Waals surface area contributed by atoms with Crippen LogP contribution in [0, 0.1) is 0 Å². The van der Waals surface area contributed by atoms with Crippen molar-refractivity contribution in [2.75, 3.05) is 19.0 Å². The van der Waals surface area contributed by atoms with Crippen molar-refractivity contribution in [1.29, 1.82) is 0 Å². The first-order chi connectivity index (χ1) is 24.3. The molecule has 0 amide bonds. The Hall–Kier alpha value is -4.32. The van der Waals surface area contributed by atoms with Crippen LogP contribution in [0.25, 0.3) is 22.7 Å². The molecule has 9 rings (SSSR count). The summed E-state index contributed by atoms with van der Waals surface area (Å²) >= 11 is 0. The van der Waals surface area contributed by atoms with Crippen LogP contribution in [0.5, 0.6) is 0 Å². The van der Waals surface area contributed by atoms with Crippen molar-refractivity contribution in [1.82, 2.24) is 4.57 Å². The number of rotatable bonds is 5. The summed E-state index contributed by atoms with van der Waals surface area (Å²) in [5, 5.41) is 9.49. The summed E-state index contributed by atoms with van der Waals surface area (Å²) in [4.78, 5) is 2.28. The Kier molecular flexibility index (Phi) is 7.35. The summed E-state index contributed by atoms with van der Waals surface area (Å²) in [5.74, 6) is 0. The van der Waals surface area contributed by atoms with Gasteiger partial charge in [0.05, 0.1) is 5.52 Å². The normalized spacial score (nSPS) is 18.5. The van der Waals surface area contributed by atoms with Crippen LogP contribution in [0.4, 0.5) is 5.69 Å². The lowest BCUT2D eigenvalue weighted by atomic mass is 9.36. The third kappa shape index (κ3) is 4.26. The van der Waals surface area contributed by atoms with Gasteiger partial charge in [-0.3, -0.25) is 0 Å². The van der Waals surface area contributed by atoms with Crippen LogP contribution < -0.4 is 47.2 Å². The number of fused-ring (bicyclic) bond motifs is 7. The molecule has 5 aromatic carbocycles. The highest BCUT2D eigenvalue weighted by Gasteiger charge is 2.54. The topological polar surface area (TPSA) is 8.17 Å². The Morgan fingerprint density at radius 3 is 2.32 bits per heavy atom. The van der Waals surface area contributed by atoms with Crippen molar-refractivity contribution >= 4 is 87.8 Å². The van der Waals surface area contributed by atoms with Crippen LogP contribution in [0.1, 0.15) is 43.5 Å². The van der Waals surface area contributed by atoms with Crippen molar-refractivity contribution in [3.8, 4) is 5.69 Å². The van der Waals surface area contributed by atoms with Gasteiger partial charge in [-0.1, -0.05) is 143 Å². The van der Waals surface area contributed by atoms with Crippen molar-refractivity contribution in [3.05, 3.63) is 126 Å². The summed E-state index contributed by atoms with van der Waals surface area (Å²) in [6.45, 7) is 10.1. The highest BCUT2D eigenvalue weighted by atomic mass is 28.3. The molecule has 6 aromatic rings. The average Bonchev–Trinajstić information content (AvgIpc) is 3.47. The van der Waals surface area contributed by atoms with Gasteiger partial charge < -0.3 is 9.47 Å². The first-order valence-electron chi connectivity index (χ1n) is 18.7. The number of aromatic nitrogens is 1. The lowest BCUT2D eigenvalue weighted by molar-refractivity contribution is 0.667. The van der Waals surface area contributed by atoms with Crippen molar-refractivity contribution in [3.63, 3.8) is 0 Å².